The Morgan fingerprint density at radius 1 is 0.398 bits per heavy atom. The van der Waals surface area contributed by atoms with E-state index in [4.69, 9.17) is 28.4 Å². The first-order valence-corrected chi connectivity index (χ1v) is 35.3. The number of aliphatic hydroxyl groups is 11. The Hall–Kier alpha value is -3.81. The molecule has 12 N–H and O–H groups in total. The number of allylic oxidation sites excluding steroid dienone is 20. The molecule has 0 saturated carbocycles. The maximum atomic E-state index is 13.4. The fourth-order valence-corrected chi connectivity index (χ4v) is 11.1. The van der Waals surface area contributed by atoms with Crippen molar-refractivity contribution >= 4 is 5.91 Å². The third kappa shape index (κ3) is 35.8. The zero-order chi connectivity index (χ0) is 67.5. The maximum absolute atomic E-state index is 13.4. The number of aliphatic hydroxyl groups excluding tert-OH is 11. The first kappa shape index (κ1) is 83.4. The summed E-state index contributed by atoms with van der Waals surface area (Å²) in [7, 11) is 0. The van der Waals surface area contributed by atoms with Gasteiger partial charge in [0.2, 0.25) is 5.91 Å². The summed E-state index contributed by atoms with van der Waals surface area (Å²) in [5.41, 5.74) is 0. The van der Waals surface area contributed by atoms with E-state index in [1.54, 1.807) is 0 Å². The first-order valence-electron chi connectivity index (χ1n) is 35.3. The largest absolute Gasteiger partial charge is 0.394 e. The lowest BCUT2D eigenvalue weighted by molar-refractivity contribution is -0.379. The van der Waals surface area contributed by atoms with Crippen LogP contribution in [-0.4, -0.2) is 193 Å². The molecule has 1 amide bonds. The Morgan fingerprint density at radius 2 is 0.742 bits per heavy atom. The van der Waals surface area contributed by atoms with E-state index in [2.05, 4.69) is 141 Å². The molecular weight excluding hydrogens is 1190 g/mol. The molecule has 0 bridgehead atoms. The average Bonchev–Trinajstić information content (AvgIpc) is 0.902. The van der Waals surface area contributed by atoms with Crippen LogP contribution in [0.4, 0.5) is 0 Å². The van der Waals surface area contributed by atoms with Gasteiger partial charge in [0, 0.05) is 6.42 Å². The van der Waals surface area contributed by atoms with Gasteiger partial charge in [-0.05, 0) is 89.9 Å². The predicted octanol–water partition coefficient (Wildman–Crippen LogP) is 9.60. The van der Waals surface area contributed by atoms with Crippen molar-refractivity contribution in [1.82, 2.24) is 5.32 Å². The molecule has 0 spiro atoms. The molecule has 17 unspecified atom stereocenters. The number of carbonyl (C=O) groups excluding carboxylic acids is 1. The lowest BCUT2D eigenvalue weighted by atomic mass is 9.96. The van der Waals surface area contributed by atoms with Gasteiger partial charge in [-0.1, -0.05) is 232 Å². The standard InChI is InChI=1S/C74H123NO18/c1-3-5-7-9-11-13-15-17-19-20-21-22-23-24-25-26-27-28-29-30-31-32-33-34-35-36-38-40-42-44-46-48-50-52-62(80)75-57(58(79)51-49-47-45-43-41-39-37-18-16-14-12-10-8-6-4-2)56-88-72-68(86)65(83)70(60(54-77)90-72)93-74-69(87)66(84)71(61(55-78)91-74)92-73-67(85)64(82)63(81)59(53-76)89-73/h5,7,11,13,17,19,21-22,24-25,27-28,30-31,33-34,36,38,42,44,57-61,63-74,76-79,81-87H,3-4,6,8-10,12,14-16,18,20,23,26,29,32,35,37,39-41,43,45-56H2,1-2H3,(H,75,80)/b7-5-,13-11-,19-17-,22-21-,25-24-,28-27-,31-30-,34-33-,38-36-,44-42-. The van der Waals surface area contributed by atoms with Crippen molar-refractivity contribution in [3.63, 3.8) is 0 Å². The summed E-state index contributed by atoms with van der Waals surface area (Å²) in [6.45, 7) is 1.63. The van der Waals surface area contributed by atoms with E-state index in [0.29, 0.717) is 19.3 Å². The van der Waals surface area contributed by atoms with Gasteiger partial charge in [-0.25, -0.2) is 0 Å². The summed E-state index contributed by atoms with van der Waals surface area (Å²) in [6.07, 6.45) is 47.1. The monoisotopic (exact) mass is 1310 g/mol. The Morgan fingerprint density at radius 3 is 1.14 bits per heavy atom. The van der Waals surface area contributed by atoms with Crippen LogP contribution >= 0.6 is 0 Å². The number of amides is 1. The SMILES string of the molecule is CC/C=C\C/C=C\C/C=C\C/C=C\C/C=C\C/C=C\C/C=C\C/C=C\C/C=C\C/C=C\CCCCC(=O)NC(COC1OC(CO)C(OC2OC(CO)C(OC3OC(CO)C(O)C(O)C3O)C(O)C2O)C(O)C1O)C(O)CCCCCCCCCCCCCCCCC. The second kappa shape index (κ2) is 54.2. The van der Waals surface area contributed by atoms with Gasteiger partial charge < -0.3 is 89.9 Å². The first-order chi connectivity index (χ1) is 45.3. The van der Waals surface area contributed by atoms with Crippen molar-refractivity contribution in [2.24, 2.45) is 0 Å². The summed E-state index contributed by atoms with van der Waals surface area (Å²) < 4.78 is 34.4. The van der Waals surface area contributed by atoms with E-state index in [1.807, 2.05) is 0 Å². The highest BCUT2D eigenvalue weighted by atomic mass is 16.8. The molecule has 3 rings (SSSR count). The molecule has 0 radical (unpaired) electrons. The fraction of sp³-hybridized carbons (Fsp3) is 0.716. The molecule has 17 atom stereocenters. The second-order valence-corrected chi connectivity index (χ2v) is 24.6. The number of hydrogen-bond acceptors (Lipinski definition) is 18. The minimum atomic E-state index is -1.98. The van der Waals surface area contributed by atoms with Crippen LogP contribution in [0.15, 0.2) is 122 Å². The van der Waals surface area contributed by atoms with Gasteiger partial charge in [-0.3, -0.25) is 4.79 Å². The normalized spacial score (nSPS) is 28.3. The minimum Gasteiger partial charge on any atom is -0.394 e. The van der Waals surface area contributed by atoms with Crippen LogP contribution in [0, 0.1) is 0 Å². The van der Waals surface area contributed by atoms with E-state index < -0.39 is 124 Å². The highest BCUT2D eigenvalue weighted by Crippen LogP contribution is 2.33. The molecule has 93 heavy (non-hydrogen) atoms. The van der Waals surface area contributed by atoms with Crippen molar-refractivity contribution < 1.29 is 89.4 Å². The zero-order valence-corrected chi connectivity index (χ0v) is 56.2. The lowest BCUT2D eigenvalue weighted by Gasteiger charge is -2.48. The predicted molar refractivity (Wildman–Crippen MR) is 364 cm³/mol. The molecule has 0 aromatic carbocycles. The molecule has 3 saturated heterocycles. The number of rotatable bonds is 52. The lowest BCUT2D eigenvalue weighted by Crippen LogP contribution is -2.66. The Labute approximate surface area is 557 Å². The minimum absolute atomic E-state index is 0.203. The third-order valence-electron chi connectivity index (χ3n) is 16.8. The van der Waals surface area contributed by atoms with Gasteiger partial charge in [0.05, 0.1) is 38.6 Å². The van der Waals surface area contributed by atoms with E-state index in [-0.39, 0.29) is 18.9 Å². The van der Waals surface area contributed by atoms with Crippen molar-refractivity contribution in [2.45, 2.75) is 311 Å². The highest BCUT2D eigenvalue weighted by molar-refractivity contribution is 5.76. The summed E-state index contributed by atoms with van der Waals surface area (Å²) in [5, 5.41) is 121. The van der Waals surface area contributed by atoms with Gasteiger partial charge in [-0.15, -0.1) is 0 Å². The fourth-order valence-electron chi connectivity index (χ4n) is 11.1. The summed E-state index contributed by atoms with van der Waals surface area (Å²) in [5.74, 6) is -0.290. The molecule has 532 valence electrons. The quantitative estimate of drug-likeness (QED) is 0.0199. The number of nitrogens with one attached hydrogen (secondary N) is 1. The summed E-state index contributed by atoms with van der Waals surface area (Å²) >= 11 is 0. The van der Waals surface area contributed by atoms with Gasteiger partial charge in [0.15, 0.2) is 18.9 Å². The van der Waals surface area contributed by atoms with Crippen LogP contribution in [0.1, 0.15) is 206 Å². The maximum Gasteiger partial charge on any atom is 0.220 e. The van der Waals surface area contributed by atoms with Crippen LogP contribution in [0.25, 0.3) is 0 Å². The van der Waals surface area contributed by atoms with E-state index in [1.165, 1.54) is 70.6 Å². The Kier molecular flexibility index (Phi) is 48.6. The molecule has 3 aliphatic rings. The Balaban J connectivity index is 1.42. The molecule has 0 aliphatic carbocycles. The van der Waals surface area contributed by atoms with Crippen molar-refractivity contribution in [3.8, 4) is 0 Å². The topological polar surface area (TPSA) is 307 Å². The molecule has 19 heteroatoms. The number of ether oxygens (including phenoxy) is 6. The smallest absolute Gasteiger partial charge is 0.220 e. The molecule has 3 fully saturated rings. The van der Waals surface area contributed by atoms with Gasteiger partial charge in [0.25, 0.3) is 0 Å². The van der Waals surface area contributed by atoms with Gasteiger partial charge in [-0.2, -0.15) is 0 Å². The molecule has 19 nitrogen and oxygen atoms in total. The number of unbranched alkanes of at least 4 members (excludes halogenated alkanes) is 16. The van der Waals surface area contributed by atoms with Crippen LogP contribution in [0.5, 0.6) is 0 Å². The molecule has 3 heterocycles. The van der Waals surface area contributed by atoms with Crippen molar-refractivity contribution in [3.05, 3.63) is 122 Å². The van der Waals surface area contributed by atoms with Crippen LogP contribution in [0.2, 0.25) is 0 Å². The second-order valence-electron chi connectivity index (χ2n) is 24.6. The molecular formula is C74H123NO18. The summed E-state index contributed by atoms with van der Waals surface area (Å²) in [4.78, 5) is 13.4. The van der Waals surface area contributed by atoms with E-state index in [9.17, 15) is 61.0 Å². The van der Waals surface area contributed by atoms with Crippen molar-refractivity contribution in [2.75, 3.05) is 26.4 Å². The molecule has 0 aromatic heterocycles. The zero-order valence-electron chi connectivity index (χ0n) is 56.2. The average molecular weight is 1310 g/mol. The third-order valence-corrected chi connectivity index (χ3v) is 16.8. The van der Waals surface area contributed by atoms with Crippen LogP contribution < -0.4 is 5.32 Å². The van der Waals surface area contributed by atoms with E-state index in [0.717, 1.165) is 96.3 Å². The van der Waals surface area contributed by atoms with E-state index >= 15 is 0 Å². The van der Waals surface area contributed by atoms with Gasteiger partial charge >= 0.3 is 0 Å². The van der Waals surface area contributed by atoms with Crippen LogP contribution in [-0.2, 0) is 33.2 Å². The Bertz CT molecular complexity index is 2160. The summed E-state index contributed by atoms with van der Waals surface area (Å²) in [6, 6.07) is -0.920. The highest BCUT2D eigenvalue weighted by Gasteiger charge is 2.53. The van der Waals surface area contributed by atoms with Gasteiger partial charge in [0.1, 0.15) is 73.2 Å². The number of carbonyl (C=O) groups is 1. The molecule has 3 aliphatic heterocycles. The number of hydrogen-bond donors (Lipinski definition) is 12. The van der Waals surface area contributed by atoms with Crippen LogP contribution in [0.3, 0.4) is 0 Å². The molecule has 0 aromatic rings. The van der Waals surface area contributed by atoms with Crippen molar-refractivity contribution in [1.29, 1.82) is 0 Å².